The molecule has 0 spiro atoms. The fourth-order valence-electron chi connectivity index (χ4n) is 7.81. The molecule has 0 aliphatic heterocycles. The van der Waals surface area contributed by atoms with Crippen molar-refractivity contribution in [2.24, 2.45) is 0 Å². The van der Waals surface area contributed by atoms with Crippen LogP contribution in [0.25, 0.3) is 76.8 Å². The Labute approximate surface area is 311 Å². The number of halogens is 12. The summed E-state index contributed by atoms with van der Waals surface area (Å²) in [6.45, 7) is 0. The summed E-state index contributed by atoms with van der Waals surface area (Å²) < 4.78 is 187. The average Bonchev–Trinajstić information content (AvgIpc) is 3.56. The van der Waals surface area contributed by atoms with E-state index < -0.39 is 155 Å². The van der Waals surface area contributed by atoms with Crippen molar-refractivity contribution in [1.82, 2.24) is 0 Å². The maximum absolute atomic E-state index is 16.7. The lowest BCUT2D eigenvalue weighted by atomic mass is 9.81. The van der Waals surface area contributed by atoms with Gasteiger partial charge in [0.15, 0.2) is 52.4 Å². The molecule has 0 atom stereocenters. The highest BCUT2D eigenvalue weighted by atomic mass is 19.2. The Balaban J connectivity index is 0.00000109. The SMILES string of the molecule is Fc1cc(F)c(F)c(-c2cccc(-c3c(F)c(F)c4c(F)c(F)c5c(F)ccc6ccc3c4c65)c2-c2c(F)c(F)c(F)c3c2Cc2cccc(F)c2-3)c1.OB(O)O. The molecule has 16 heteroatoms. The van der Waals surface area contributed by atoms with Crippen molar-refractivity contribution in [2.75, 3.05) is 0 Å². The first-order valence-electron chi connectivity index (χ1n) is 16.5. The highest BCUT2D eigenvalue weighted by Crippen LogP contribution is 2.53. The van der Waals surface area contributed by atoms with E-state index in [-0.39, 0.29) is 22.4 Å². The van der Waals surface area contributed by atoms with Crippen LogP contribution in [0.4, 0.5) is 52.7 Å². The largest absolute Gasteiger partial charge is 0.631 e. The molecular formula is C41H17BF12O3. The van der Waals surface area contributed by atoms with E-state index >= 15 is 43.9 Å². The van der Waals surface area contributed by atoms with E-state index in [1.807, 2.05) is 0 Å². The lowest BCUT2D eigenvalue weighted by Gasteiger charge is -2.23. The third-order valence-electron chi connectivity index (χ3n) is 9.93. The van der Waals surface area contributed by atoms with Gasteiger partial charge in [0, 0.05) is 50.2 Å². The molecule has 0 saturated heterocycles. The van der Waals surface area contributed by atoms with Gasteiger partial charge in [0.2, 0.25) is 0 Å². The highest BCUT2D eigenvalue weighted by molar-refractivity contribution is 6.30. The molecular weight excluding hydrogens is 779 g/mol. The van der Waals surface area contributed by atoms with Crippen molar-refractivity contribution in [3.63, 3.8) is 0 Å². The summed E-state index contributed by atoms with van der Waals surface area (Å²) in [5, 5.41) is 18.2. The van der Waals surface area contributed by atoms with Crippen LogP contribution in [0, 0.1) is 69.8 Å². The van der Waals surface area contributed by atoms with Gasteiger partial charge in [-0.3, -0.25) is 0 Å². The van der Waals surface area contributed by atoms with Crippen molar-refractivity contribution in [3.8, 4) is 44.5 Å². The zero-order valence-electron chi connectivity index (χ0n) is 28.1. The van der Waals surface area contributed by atoms with Gasteiger partial charge in [-0.2, -0.15) is 0 Å². The second-order valence-corrected chi connectivity index (χ2v) is 13.0. The van der Waals surface area contributed by atoms with Crippen LogP contribution in [0.15, 0.2) is 72.8 Å². The fourth-order valence-corrected chi connectivity index (χ4v) is 7.81. The summed E-state index contributed by atoms with van der Waals surface area (Å²) >= 11 is 0. The molecule has 3 nitrogen and oxygen atoms in total. The highest BCUT2D eigenvalue weighted by Gasteiger charge is 2.37. The van der Waals surface area contributed by atoms with Crippen LogP contribution >= 0.6 is 0 Å². The van der Waals surface area contributed by atoms with Crippen molar-refractivity contribution in [1.29, 1.82) is 0 Å². The van der Waals surface area contributed by atoms with Crippen LogP contribution in [0.2, 0.25) is 0 Å². The molecule has 0 amide bonds. The first kappa shape index (κ1) is 37.8. The Bertz CT molecular complexity index is 3020. The maximum Gasteiger partial charge on any atom is 0.631 e. The Morgan fingerprint density at radius 3 is 1.68 bits per heavy atom. The number of rotatable bonds is 3. The van der Waals surface area contributed by atoms with E-state index in [1.54, 1.807) is 0 Å². The molecule has 0 saturated carbocycles. The Kier molecular flexibility index (Phi) is 8.98. The summed E-state index contributed by atoms with van der Waals surface area (Å²) in [7, 11) is -2.17. The summed E-state index contributed by atoms with van der Waals surface area (Å²) in [6, 6.07) is 11.7. The van der Waals surface area contributed by atoms with Gasteiger partial charge >= 0.3 is 7.32 Å². The minimum Gasteiger partial charge on any atom is -0.402 e. The molecule has 1 aliphatic rings. The van der Waals surface area contributed by atoms with Crippen molar-refractivity contribution >= 4 is 39.6 Å². The predicted molar refractivity (Wildman–Crippen MR) is 187 cm³/mol. The smallest absolute Gasteiger partial charge is 0.402 e. The summed E-state index contributed by atoms with van der Waals surface area (Å²) in [5.41, 5.74) is -6.22. The average molecular weight is 796 g/mol. The molecule has 286 valence electrons. The molecule has 0 fully saturated rings. The predicted octanol–water partition coefficient (Wildman–Crippen LogP) is 10.8. The van der Waals surface area contributed by atoms with Gasteiger partial charge in [-0.25, -0.2) is 52.7 Å². The van der Waals surface area contributed by atoms with Gasteiger partial charge < -0.3 is 15.1 Å². The van der Waals surface area contributed by atoms with E-state index in [0.29, 0.717) is 6.07 Å². The van der Waals surface area contributed by atoms with Crippen LogP contribution in [0.1, 0.15) is 11.1 Å². The van der Waals surface area contributed by atoms with Crippen LogP contribution in [0.3, 0.4) is 0 Å². The molecule has 57 heavy (non-hydrogen) atoms. The molecule has 0 bridgehead atoms. The number of fused-ring (bicyclic) bond motifs is 3. The third kappa shape index (κ3) is 5.53. The molecule has 9 rings (SSSR count). The van der Waals surface area contributed by atoms with E-state index in [9.17, 15) is 8.78 Å². The Morgan fingerprint density at radius 1 is 0.404 bits per heavy atom. The number of benzene rings is 8. The first-order valence-corrected chi connectivity index (χ1v) is 16.5. The molecule has 1 aliphatic carbocycles. The first-order chi connectivity index (χ1) is 27.0. The zero-order valence-corrected chi connectivity index (χ0v) is 28.1. The fraction of sp³-hybridized carbons (Fsp3) is 0.0244. The summed E-state index contributed by atoms with van der Waals surface area (Å²) in [5.74, 6) is -20.5. The molecule has 8 aromatic rings. The van der Waals surface area contributed by atoms with Gasteiger partial charge in [0.25, 0.3) is 0 Å². The van der Waals surface area contributed by atoms with Gasteiger partial charge in [0.05, 0.1) is 10.8 Å². The second-order valence-electron chi connectivity index (χ2n) is 13.0. The van der Waals surface area contributed by atoms with Gasteiger partial charge in [-0.05, 0) is 57.6 Å². The van der Waals surface area contributed by atoms with Crippen LogP contribution in [-0.2, 0) is 6.42 Å². The lowest BCUT2D eigenvalue weighted by Crippen LogP contribution is -2.07. The third-order valence-corrected chi connectivity index (χ3v) is 9.93. The number of hydrogen-bond donors (Lipinski definition) is 3. The quantitative estimate of drug-likeness (QED) is 0.0549. The standard InChI is InChI=1S/C41H14F12.BH3O3/c42-16-12-20(34(46)24(45)13-16)17-4-2-5-18(27(17)31-21-11-15-3-1-6-22(43)25(15)30(21)36(48)41(53)37(31)49)28-19-9-7-14-8-10-23(44)32-26(14)29(19)33(39(51)35(28)47)40(52)38(32)50;2-1(3)4/h1-10,12-13H,11H2;2-4H. The topological polar surface area (TPSA) is 60.7 Å². The molecule has 0 heterocycles. The van der Waals surface area contributed by atoms with Gasteiger partial charge in [-0.1, -0.05) is 48.5 Å². The zero-order chi connectivity index (χ0) is 40.9. The van der Waals surface area contributed by atoms with E-state index in [4.69, 9.17) is 15.1 Å². The van der Waals surface area contributed by atoms with Crippen molar-refractivity contribution in [3.05, 3.63) is 154 Å². The maximum atomic E-state index is 16.7. The molecule has 8 aromatic carbocycles. The van der Waals surface area contributed by atoms with Crippen LogP contribution in [-0.4, -0.2) is 22.4 Å². The number of hydrogen-bond acceptors (Lipinski definition) is 3. The minimum atomic E-state index is -2.17. The molecule has 3 N–H and O–H groups in total. The van der Waals surface area contributed by atoms with Gasteiger partial charge in [-0.15, -0.1) is 0 Å². The van der Waals surface area contributed by atoms with Crippen molar-refractivity contribution < 1.29 is 67.8 Å². The van der Waals surface area contributed by atoms with E-state index in [2.05, 4.69) is 0 Å². The monoisotopic (exact) mass is 796 g/mol. The normalized spacial score (nSPS) is 12.1. The van der Waals surface area contributed by atoms with E-state index in [1.165, 1.54) is 24.3 Å². The Morgan fingerprint density at radius 2 is 0.982 bits per heavy atom. The summed E-state index contributed by atoms with van der Waals surface area (Å²) in [4.78, 5) is 0. The van der Waals surface area contributed by atoms with Crippen LogP contribution < -0.4 is 0 Å². The van der Waals surface area contributed by atoms with Crippen LogP contribution in [0.5, 0.6) is 0 Å². The van der Waals surface area contributed by atoms with Gasteiger partial charge in [0.1, 0.15) is 17.5 Å². The Hall–Kier alpha value is -6.10. The lowest BCUT2D eigenvalue weighted by molar-refractivity contribution is 0.278. The van der Waals surface area contributed by atoms with E-state index in [0.717, 1.165) is 36.4 Å². The van der Waals surface area contributed by atoms with Crippen molar-refractivity contribution in [2.45, 2.75) is 6.42 Å². The summed E-state index contributed by atoms with van der Waals surface area (Å²) in [6.07, 6.45) is -0.473. The molecule has 0 unspecified atom stereocenters. The second kappa shape index (κ2) is 13.5. The molecule has 0 aromatic heterocycles. The molecule has 0 radical (unpaired) electrons. The minimum absolute atomic E-state index is 0.0617.